The predicted molar refractivity (Wildman–Crippen MR) is 127 cm³/mol. The average molecular weight is 451 g/mol. The second-order valence-corrected chi connectivity index (χ2v) is 8.50. The van der Waals surface area contributed by atoms with E-state index >= 15 is 0 Å². The molecule has 3 aromatic heterocycles. The second-order valence-electron chi connectivity index (χ2n) is 7.97. The van der Waals surface area contributed by atoms with Crippen LogP contribution in [0.15, 0.2) is 65.8 Å². The smallest absolute Gasteiger partial charge is 0.251 e. The van der Waals surface area contributed by atoms with Gasteiger partial charge in [-0.3, -0.25) is 4.79 Å². The molecule has 0 N–H and O–H groups in total. The number of ether oxygens (including phenoxy) is 1. The number of aryl methyl sites for hydroxylation is 1. The quantitative estimate of drug-likeness (QED) is 0.450. The van der Waals surface area contributed by atoms with Crippen molar-refractivity contribution in [1.82, 2.24) is 13.5 Å². The molecule has 0 amide bonds. The summed E-state index contributed by atoms with van der Waals surface area (Å²) in [5.41, 5.74) is 5.17. The summed E-state index contributed by atoms with van der Waals surface area (Å²) < 4.78 is 22.1. The minimum atomic E-state index is -0.102. The first-order valence-corrected chi connectivity index (χ1v) is 11.2. The molecule has 6 nitrogen and oxygen atoms in total. The number of benzene rings is 1. The van der Waals surface area contributed by atoms with E-state index in [0.29, 0.717) is 25.4 Å². The molecule has 0 aliphatic carbocycles. The fourth-order valence-corrected chi connectivity index (χ4v) is 4.51. The fraction of sp³-hybridized carbons (Fsp3) is 0.250. The summed E-state index contributed by atoms with van der Waals surface area (Å²) in [6.45, 7) is 5.46. The average Bonchev–Trinajstić information content (AvgIpc) is 3.19. The molecule has 1 fully saturated rings. The van der Waals surface area contributed by atoms with E-state index in [-0.39, 0.29) is 17.9 Å². The molecule has 1 aliphatic heterocycles. The summed E-state index contributed by atoms with van der Waals surface area (Å²) >= 11 is 0.103. The van der Waals surface area contributed by atoms with Crippen molar-refractivity contribution in [3.63, 3.8) is 0 Å². The van der Waals surface area contributed by atoms with Gasteiger partial charge in [-0.05, 0) is 30.2 Å². The van der Waals surface area contributed by atoms with Gasteiger partial charge in [-0.2, -0.15) is 0 Å². The van der Waals surface area contributed by atoms with Crippen molar-refractivity contribution in [3.05, 3.63) is 82.5 Å². The van der Waals surface area contributed by atoms with Crippen molar-refractivity contribution in [2.45, 2.75) is 13.5 Å². The van der Waals surface area contributed by atoms with Gasteiger partial charge in [0.25, 0.3) is 5.56 Å². The molecule has 0 spiro atoms. The normalized spacial score (nSPS) is 14.2. The maximum Gasteiger partial charge on any atom is 0.251 e. The third-order valence-electron chi connectivity index (χ3n) is 5.79. The number of hydrogen-bond acceptors (Lipinski definition) is 5. The van der Waals surface area contributed by atoms with Gasteiger partial charge in [-0.15, -0.1) is 3.89 Å². The van der Waals surface area contributed by atoms with Crippen LogP contribution in [0, 0.1) is 6.92 Å². The standard InChI is InChI=1S/C24H23FN4O2S/c1-17-3-2-4-18(11-17)15-28-6-5-19(12-23(28)30)22-16-29(32-25)24-21(22)13-20(14-26-24)27-7-9-31-10-8-27/h2-6,11-14,16H,7-10,15H2,1H3. The van der Waals surface area contributed by atoms with Crippen LogP contribution < -0.4 is 10.5 Å². The van der Waals surface area contributed by atoms with Crippen LogP contribution in [0.3, 0.4) is 0 Å². The highest BCUT2D eigenvalue weighted by Gasteiger charge is 2.17. The van der Waals surface area contributed by atoms with Crippen molar-refractivity contribution in [1.29, 1.82) is 0 Å². The zero-order chi connectivity index (χ0) is 22.1. The molecule has 0 radical (unpaired) electrons. The molecular weight excluding hydrogens is 427 g/mol. The molecule has 4 heterocycles. The van der Waals surface area contributed by atoms with E-state index in [2.05, 4.69) is 16.0 Å². The van der Waals surface area contributed by atoms with Crippen LogP contribution in [0.25, 0.3) is 22.2 Å². The Hall–Kier alpha value is -3.10. The SMILES string of the molecule is Cc1cccc(Cn2ccc(-c3cn(SF)c4ncc(N5CCOCC5)cc34)cc2=O)c1. The molecule has 1 saturated heterocycles. The van der Waals surface area contributed by atoms with Crippen LogP contribution in [0.2, 0.25) is 0 Å². The Bertz CT molecular complexity index is 1330. The van der Waals surface area contributed by atoms with E-state index in [9.17, 15) is 8.68 Å². The molecule has 32 heavy (non-hydrogen) atoms. The largest absolute Gasteiger partial charge is 0.378 e. The summed E-state index contributed by atoms with van der Waals surface area (Å²) in [5.74, 6) is 0. The molecular formula is C24H23FN4O2S. The van der Waals surface area contributed by atoms with Gasteiger partial charge >= 0.3 is 0 Å². The second kappa shape index (κ2) is 8.80. The minimum Gasteiger partial charge on any atom is -0.378 e. The number of aromatic nitrogens is 3. The number of nitrogens with zero attached hydrogens (tertiary/aromatic N) is 4. The number of rotatable bonds is 5. The summed E-state index contributed by atoms with van der Waals surface area (Å²) in [7, 11) is 0. The van der Waals surface area contributed by atoms with E-state index in [4.69, 9.17) is 4.74 Å². The highest BCUT2D eigenvalue weighted by atomic mass is 32.2. The van der Waals surface area contributed by atoms with Gasteiger partial charge in [-0.25, -0.2) is 8.96 Å². The first-order valence-electron chi connectivity index (χ1n) is 10.5. The molecule has 0 atom stereocenters. The first-order chi connectivity index (χ1) is 15.6. The van der Waals surface area contributed by atoms with Crippen LogP contribution in [0.5, 0.6) is 0 Å². The lowest BCUT2D eigenvalue weighted by Gasteiger charge is -2.28. The number of anilines is 1. The topological polar surface area (TPSA) is 52.3 Å². The third kappa shape index (κ3) is 4.03. The Labute approximate surface area is 189 Å². The minimum absolute atomic E-state index is 0.102. The predicted octanol–water partition coefficient (Wildman–Crippen LogP) is 4.44. The summed E-state index contributed by atoms with van der Waals surface area (Å²) in [6.07, 6.45) is 5.26. The lowest BCUT2D eigenvalue weighted by atomic mass is 10.1. The van der Waals surface area contributed by atoms with Crippen LogP contribution in [-0.4, -0.2) is 39.8 Å². The van der Waals surface area contributed by atoms with Gasteiger partial charge in [0, 0.05) is 42.5 Å². The number of hydrogen-bond donors (Lipinski definition) is 0. The monoisotopic (exact) mass is 450 g/mol. The van der Waals surface area contributed by atoms with Crippen molar-refractivity contribution >= 4 is 29.1 Å². The summed E-state index contributed by atoms with van der Waals surface area (Å²) in [5, 5.41) is 0.815. The summed E-state index contributed by atoms with van der Waals surface area (Å²) in [6, 6.07) is 13.7. The lowest BCUT2D eigenvalue weighted by molar-refractivity contribution is 0.122. The van der Waals surface area contributed by atoms with Gasteiger partial charge < -0.3 is 14.2 Å². The number of halogens is 1. The van der Waals surface area contributed by atoms with E-state index in [1.165, 1.54) is 3.97 Å². The van der Waals surface area contributed by atoms with Crippen LogP contribution in [-0.2, 0) is 11.3 Å². The summed E-state index contributed by atoms with van der Waals surface area (Å²) in [4.78, 5) is 19.6. The van der Waals surface area contributed by atoms with Gasteiger partial charge in [0.1, 0.15) is 0 Å². The van der Waals surface area contributed by atoms with Crippen molar-refractivity contribution < 1.29 is 8.62 Å². The van der Waals surface area contributed by atoms with E-state index in [0.717, 1.165) is 46.4 Å². The maximum absolute atomic E-state index is 13.6. The van der Waals surface area contributed by atoms with E-state index in [1.807, 2.05) is 37.3 Å². The van der Waals surface area contributed by atoms with E-state index in [1.54, 1.807) is 29.2 Å². The first kappa shape index (κ1) is 20.8. The molecule has 1 aliphatic rings. The van der Waals surface area contributed by atoms with Crippen LogP contribution in [0.4, 0.5) is 9.57 Å². The number of pyridine rings is 2. The van der Waals surface area contributed by atoms with Gasteiger partial charge in [0.05, 0.1) is 31.6 Å². The fourth-order valence-electron chi connectivity index (χ4n) is 4.16. The molecule has 0 unspecified atom stereocenters. The molecule has 0 bridgehead atoms. The van der Waals surface area contributed by atoms with Gasteiger partial charge in [0.15, 0.2) is 18.0 Å². The van der Waals surface area contributed by atoms with Crippen molar-refractivity contribution in [2.75, 3.05) is 31.2 Å². The molecule has 0 saturated carbocycles. The van der Waals surface area contributed by atoms with Crippen molar-refractivity contribution in [2.24, 2.45) is 0 Å². The molecule has 1 aromatic carbocycles. The number of morpholine rings is 1. The molecule has 5 rings (SSSR count). The Morgan fingerprint density at radius 2 is 2.00 bits per heavy atom. The number of fused-ring (bicyclic) bond motifs is 1. The molecule has 164 valence electrons. The zero-order valence-corrected chi connectivity index (χ0v) is 18.5. The lowest BCUT2D eigenvalue weighted by Crippen LogP contribution is -2.36. The molecule has 4 aromatic rings. The highest BCUT2D eigenvalue weighted by Crippen LogP contribution is 2.34. The zero-order valence-electron chi connectivity index (χ0n) is 17.7. The van der Waals surface area contributed by atoms with Gasteiger partial charge in [0.2, 0.25) is 0 Å². The van der Waals surface area contributed by atoms with Crippen molar-refractivity contribution in [3.8, 4) is 11.1 Å². The highest BCUT2D eigenvalue weighted by molar-refractivity contribution is 7.92. The van der Waals surface area contributed by atoms with E-state index < -0.39 is 0 Å². The Morgan fingerprint density at radius 1 is 1.16 bits per heavy atom. The third-order valence-corrected chi connectivity index (χ3v) is 6.22. The Morgan fingerprint density at radius 3 is 2.75 bits per heavy atom. The maximum atomic E-state index is 13.6. The van der Waals surface area contributed by atoms with Gasteiger partial charge in [-0.1, -0.05) is 29.8 Å². The van der Waals surface area contributed by atoms with Crippen LogP contribution >= 0.6 is 12.3 Å². The molecule has 8 heteroatoms. The Balaban J connectivity index is 1.53. The van der Waals surface area contributed by atoms with Crippen LogP contribution in [0.1, 0.15) is 11.1 Å². The Kier molecular flexibility index (Phi) is 5.71.